The lowest BCUT2D eigenvalue weighted by molar-refractivity contribution is -0.125. The molecular formula is C18H24N4O2. The van der Waals surface area contributed by atoms with Crippen molar-refractivity contribution in [3.05, 3.63) is 53.9 Å². The average Bonchev–Trinajstić information content (AvgIpc) is 3.23. The van der Waals surface area contributed by atoms with E-state index in [1.54, 1.807) is 13.3 Å². The van der Waals surface area contributed by atoms with Crippen LogP contribution in [0.1, 0.15) is 17.5 Å². The molecule has 0 unspecified atom stereocenters. The van der Waals surface area contributed by atoms with Crippen LogP contribution in [-0.2, 0) is 22.6 Å². The maximum atomic E-state index is 12.5. The maximum Gasteiger partial charge on any atom is 0.237 e. The lowest BCUT2D eigenvalue weighted by Gasteiger charge is -2.19. The van der Waals surface area contributed by atoms with E-state index in [0.717, 1.165) is 24.1 Å². The zero-order valence-corrected chi connectivity index (χ0v) is 14.2. The van der Waals surface area contributed by atoms with E-state index in [2.05, 4.69) is 27.4 Å². The Labute approximate surface area is 142 Å². The molecule has 24 heavy (non-hydrogen) atoms. The molecule has 0 aliphatic carbocycles. The first-order chi connectivity index (χ1) is 11.7. The van der Waals surface area contributed by atoms with Gasteiger partial charge in [0.25, 0.3) is 0 Å². The molecule has 1 aromatic carbocycles. The third-order valence-corrected chi connectivity index (χ3v) is 4.61. The van der Waals surface area contributed by atoms with E-state index in [9.17, 15) is 4.79 Å². The van der Waals surface area contributed by atoms with Crippen molar-refractivity contribution in [1.82, 2.24) is 20.0 Å². The number of carbonyl (C=O) groups excluding carboxylic acids is 1. The van der Waals surface area contributed by atoms with Crippen molar-refractivity contribution in [3.8, 4) is 0 Å². The molecule has 1 fully saturated rings. The number of hydrogen-bond acceptors (Lipinski definition) is 4. The van der Waals surface area contributed by atoms with Crippen LogP contribution in [0, 0.1) is 0 Å². The second-order valence-corrected chi connectivity index (χ2v) is 6.24. The summed E-state index contributed by atoms with van der Waals surface area (Å²) >= 11 is 0. The van der Waals surface area contributed by atoms with E-state index >= 15 is 0 Å². The van der Waals surface area contributed by atoms with Gasteiger partial charge < -0.3 is 10.1 Å². The number of amides is 1. The van der Waals surface area contributed by atoms with Gasteiger partial charge in [-0.3, -0.25) is 14.4 Å². The first-order valence-corrected chi connectivity index (χ1v) is 8.22. The minimum absolute atomic E-state index is 0.0611. The number of nitrogens with zero attached hydrogens (tertiary/aromatic N) is 3. The van der Waals surface area contributed by atoms with Crippen LogP contribution in [-0.4, -0.2) is 53.4 Å². The first kappa shape index (κ1) is 16.7. The molecule has 1 saturated heterocycles. The Bertz CT molecular complexity index is 671. The van der Waals surface area contributed by atoms with Crippen LogP contribution >= 0.6 is 0 Å². The molecule has 0 saturated carbocycles. The summed E-state index contributed by atoms with van der Waals surface area (Å²) in [5.41, 5.74) is 2.28. The highest BCUT2D eigenvalue weighted by Crippen LogP contribution is 2.18. The van der Waals surface area contributed by atoms with Crippen LogP contribution in [0.4, 0.5) is 0 Å². The molecule has 2 atom stereocenters. The molecule has 0 spiro atoms. The van der Waals surface area contributed by atoms with E-state index in [4.69, 9.17) is 4.74 Å². The SMILES string of the molecule is CO[C@H]1C[C@@H](C(=O)NCc2ccccc2Cn2cccn2)N(C)C1. The predicted molar refractivity (Wildman–Crippen MR) is 91.4 cm³/mol. The predicted octanol–water partition coefficient (Wildman–Crippen LogP) is 1.27. The van der Waals surface area contributed by atoms with Crippen molar-refractivity contribution in [1.29, 1.82) is 0 Å². The largest absolute Gasteiger partial charge is 0.380 e. The highest BCUT2D eigenvalue weighted by atomic mass is 16.5. The molecule has 2 heterocycles. The van der Waals surface area contributed by atoms with Gasteiger partial charge in [-0.1, -0.05) is 24.3 Å². The van der Waals surface area contributed by atoms with Gasteiger partial charge in [-0.25, -0.2) is 0 Å². The standard InChI is InChI=1S/C18H24N4O2/c1-21-13-16(24-2)10-17(21)18(23)19-11-14-6-3-4-7-15(14)12-22-9-5-8-20-22/h3-9,16-17H,10-13H2,1-2H3,(H,19,23)/t16-,17-/m0/s1. The Morgan fingerprint density at radius 2 is 2.12 bits per heavy atom. The summed E-state index contributed by atoms with van der Waals surface area (Å²) in [5.74, 6) is 0.0611. The zero-order chi connectivity index (χ0) is 16.9. The highest BCUT2D eigenvalue weighted by Gasteiger charge is 2.34. The Hall–Kier alpha value is -2.18. The van der Waals surface area contributed by atoms with Crippen LogP contribution < -0.4 is 5.32 Å². The monoisotopic (exact) mass is 328 g/mol. The molecule has 0 bridgehead atoms. The molecule has 1 aromatic heterocycles. The molecule has 1 aliphatic heterocycles. The topological polar surface area (TPSA) is 59.4 Å². The van der Waals surface area contributed by atoms with Crippen molar-refractivity contribution in [2.24, 2.45) is 0 Å². The number of likely N-dealkylation sites (tertiary alicyclic amines) is 1. The van der Waals surface area contributed by atoms with Gasteiger partial charge in [0.05, 0.1) is 18.7 Å². The van der Waals surface area contributed by atoms with E-state index < -0.39 is 0 Å². The fourth-order valence-corrected chi connectivity index (χ4v) is 3.18. The molecule has 1 N–H and O–H groups in total. The van der Waals surface area contributed by atoms with Crippen molar-refractivity contribution >= 4 is 5.91 Å². The number of benzene rings is 1. The lowest BCUT2D eigenvalue weighted by Crippen LogP contribution is -2.41. The fourth-order valence-electron chi connectivity index (χ4n) is 3.18. The molecule has 6 heteroatoms. The van der Waals surface area contributed by atoms with Crippen molar-refractivity contribution in [2.75, 3.05) is 20.7 Å². The van der Waals surface area contributed by atoms with Crippen LogP contribution in [0.25, 0.3) is 0 Å². The molecule has 6 nitrogen and oxygen atoms in total. The van der Waals surface area contributed by atoms with Gasteiger partial charge in [-0.15, -0.1) is 0 Å². The van der Waals surface area contributed by atoms with Crippen LogP contribution in [0.5, 0.6) is 0 Å². The van der Waals surface area contributed by atoms with Crippen molar-refractivity contribution < 1.29 is 9.53 Å². The minimum atomic E-state index is -0.117. The van der Waals surface area contributed by atoms with Crippen molar-refractivity contribution in [3.63, 3.8) is 0 Å². The number of carbonyl (C=O) groups is 1. The molecule has 3 rings (SSSR count). The first-order valence-electron chi connectivity index (χ1n) is 8.22. The smallest absolute Gasteiger partial charge is 0.237 e. The quantitative estimate of drug-likeness (QED) is 0.867. The number of methoxy groups -OCH3 is 1. The molecule has 1 aliphatic rings. The number of ether oxygens (including phenoxy) is 1. The molecule has 0 radical (unpaired) electrons. The van der Waals surface area contributed by atoms with Crippen LogP contribution in [0.2, 0.25) is 0 Å². The molecule has 2 aromatic rings. The summed E-state index contributed by atoms with van der Waals surface area (Å²) in [6.45, 7) is 2.02. The van der Waals surface area contributed by atoms with Gasteiger partial charge in [-0.05, 0) is 30.7 Å². The van der Waals surface area contributed by atoms with Gasteiger partial charge in [0.1, 0.15) is 0 Å². The van der Waals surface area contributed by atoms with Gasteiger partial charge in [0.15, 0.2) is 0 Å². The van der Waals surface area contributed by atoms with Gasteiger partial charge in [0.2, 0.25) is 5.91 Å². The third-order valence-electron chi connectivity index (χ3n) is 4.61. The zero-order valence-electron chi connectivity index (χ0n) is 14.2. The fraction of sp³-hybridized carbons (Fsp3) is 0.444. The summed E-state index contributed by atoms with van der Waals surface area (Å²) < 4.78 is 7.25. The summed E-state index contributed by atoms with van der Waals surface area (Å²) in [4.78, 5) is 14.5. The van der Waals surface area contributed by atoms with Gasteiger partial charge in [0, 0.05) is 32.6 Å². The third kappa shape index (κ3) is 3.83. The molecular weight excluding hydrogens is 304 g/mol. The molecule has 128 valence electrons. The number of rotatable bonds is 6. The Morgan fingerprint density at radius 3 is 2.79 bits per heavy atom. The Kier molecular flexibility index (Phi) is 5.27. The number of hydrogen-bond donors (Lipinski definition) is 1. The van der Waals surface area contributed by atoms with Crippen LogP contribution in [0.3, 0.4) is 0 Å². The second kappa shape index (κ2) is 7.59. The van der Waals surface area contributed by atoms with E-state index in [1.807, 2.05) is 36.1 Å². The Morgan fingerprint density at radius 1 is 1.33 bits per heavy atom. The minimum Gasteiger partial charge on any atom is -0.380 e. The average molecular weight is 328 g/mol. The second-order valence-electron chi connectivity index (χ2n) is 6.24. The van der Waals surface area contributed by atoms with E-state index in [1.165, 1.54) is 0 Å². The summed E-state index contributed by atoms with van der Waals surface area (Å²) in [5, 5.41) is 7.32. The highest BCUT2D eigenvalue weighted by molar-refractivity contribution is 5.82. The lowest BCUT2D eigenvalue weighted by atomic mass is 10.1. The number of nitrogens with one attached hydrogen (secondary N) is 1. The van der Waals surface area contributed by atoms with E-state index in [0.29, 0.717) is 13.1 Å². The van der Waals surface area contributed by atoms with Gasteiger partial charge in [-0.2, -0.15) is 5.10 Å². The van der Waals surface area contributed by atoms with Gasteiger partial charge >= 0.3 is 0 Å². The summed E-state index contributed by atoms with van der Waals surface area (Å²) in [6.07, 6.45) is 4.59. The molecule has 1 amide bonds. The summed E-state index contributed by atoms with van der Waals surface area (Å²) in [7, 11) is 3.67. The normalized spacial score (nSPS) is 21.1. The summed E-state index contributed by atoms with van der Waals surface area (Å²) in [6, 6.07) is 9.93. The van der Waals surface area contributed by atoms with Crippen LogP contribution in [0.15, 0.2) is 42.7 Å². The Balaban J connectivity index is 1.61. The number of likely N-dealkylation sites (N-methyl/N-ethyl adjacent to an activating group) is 1. The number of aromatic nitrogens is 2. The van der Waals surface area contributed by atoms with Crippen molar-refractivity contribution in [2.45, 2.75) is 31.7 Å². The maximum absolute atomic E-state index is 12.5. The van der Waals surface area contributed by atoms with E-state index in [-0.39, 0.29) is 18.1 Å².